The van der Waals surface area contributed by atoms with Crippen molar-refractivity contribution < 1.29 is 14.6 Å². The van der Waals surface area contributed by atoms with Crippen molar-refractivity contribution in [2.24, 2.45) is 17.8 Å². The summed E-state index contributed by atoms with van der Waals surface area (Å²) in [6.45, 7) is 6.30. The lowest BCUT2D eigenvalue weighted by Gasteiger charge is -2.40. The van der Waals surface area contributed by atoms with Gasteiger partial charge in [-0.3, -0.25) is 4.98 Å². The molecular weight excluding hydrogens is 426 g/mol. The van der Waals surface area contributed by atoms with Crippen LogP contribution in [0.3, 0.4) is 0 Å². The minimum absolute atomic E-state index is 0.300. The molecule has 5 rings (SSSR count). The Kier molecular flexibility index (Phi) is 7.75. The van der Waals surface area contributed by atoms with Gasteiger partial charge in [0.1, 0.15) is 12.4 Å². The maximum Gasteiger partial charge on any atom is 0.161 e. The molecule has 6 heteroatoms. The number of aliphatic hydroxyl groups is 1. The van der Waals surface area contributed by atoms with Crippen LogP contribution in [0.2, 0.25) is 0 Å². The van der Waals surface area contributed by atoms with Gasteiger partial charge in [-0.2, -0.15) is 0 Å². The number of rotatable bonds is 8. The first-order chi connectivity index (χ1) is 16.7. The fourth-order valence-electron chi connectivity index (χ4n) is 6.41. The van der Waals surface area contributed by atoms with Gasteiger partial charge in [0.05, 0.1) is 31.1 Å². The summed E-state index contributed by atoms with van der Waals surface area (Å²) in [5, 5.41) is 11.3. The third-order valence-electron chi connectivity index (χ3n) is 8.51. The number of ether oxygens (including phenoxy) is 2. The molecular formula is C28H41N3O3. The third-order valence-corrected chi connectivity index (χ3v) is 8.51. The van der Waals surface area contributed by atoms with Crippen LogP contribution in [0.25, 0.3) is 10.9 Å². The zero-order valence-electron chi connectivity index (χ0n) is 20.8. The summed E-state index contributed by atoms with van der Waals surface area (Å²) in [6, 6.07) is 6.06. The molecule has 186 valence electrons. The normalized spacial score (nSPS) is 24.1. The van der Waals surface area contributed by atoms with Gasteiger partial charge in [-0.25, -0.2) is 0 Å². The van der Waals surface area contributed by atoms with Gasteiger partial charge in [0.2, 0.25) is 0 Å². The number of hydrogen-bond acceptors (Lipinski definition) is 6. The standard InChI is InChI=1S/C28H41N3O3/c1-33-24-7-8-26-25(17-24)28-27(18-29-26)34-16-15-31(28)14-11-22-10-13-30(19-23(22)20-32)12-9-21-5-3-2-4-6-21/h7-8,17-18,21-23,32H,2-6,9-16,19-20H2,1H3/t22-,23+/m1/s1. The largest absolute Gasteiger partial charge is 0.497 e. The highest BCUT2D eigenvalue weighted by Gasteiger charge is 2.30. The van der Waals surface area contributed by atoms with Crippen molar-refractivity contribution in [3.8, 4) is 11.5 Å². The van der Waals surface area contributed by atoms with Crippen molar-refractivity contribution in [3.05, 3.63) is 24.4 Å². The van der Waals surface area contributed by atoms with Crippen LogP contribution in [0.1, 0.15) is 51.4 Å². The highest BCUT2D eigenvalue weighted by Crippen LogP contribution is 2.39. The fraction of sp³-hybridized carbons (Fsp3) is 0.679. The molecule has 3 heterocycles. The number of hydrogen-bond donors (Lipinski definition) is 1. The van der Waals surface area contributed by atoms with E-state index in [1.807, 2.05) is 18.3 Å². The lowest BCUT2D eigenvalue weighted by atomic mass is 9.82. The quantitative estimate of drug-likeness (QED) is 0.606. The Morgan fingerprint density at radius 3 is 2.76 bits per heavy atom. The summed E-state index contributed by atoms with van der Waals surface area (Å²) in [5.74, 6) is 3.60. The summed E-state index contributed by atoms with van der Waals surface area (Å²) in [5.41, 5.74) is 2.11. The van der Waals surface area contributed by atoms with E-state index >= 15 is 0 Å². The van der Waals surface area contributed by atoms with Gasteiger partial charge in [-0.1, -0.05) is 32.1 Å². The molecule has 1 aromatic heterocycles. The molecule has 0 bridgehead atoms. The molecule has 6 nitrogen and oxygen atoms in total. The van der Waals surface area contributed by atoms with E-state index in [1.54, 1.807) is 7.11 Å². The molecule has 2 aliphatic heterocycles. The Balaban J connectivity index is 1.21. The second kappa shape index (κ2) is 11.1. The number of fused-ring (bicyclic) bond motifs is 3. The number of methoxy groups -OCH3 is 1. The van der Waals surface area contributed by atoms with Gasteiger partial charge >= 0.3 is 0 Å². The van der Waals surface area contributed by atoms with Crippen LogP contribution in [0, 0.1) is 17.8 Å². The number of pyridine rings is 1. The monoisotopic (exact) mass is 467 g/mol. The van der Waals surface area contributed by atoms with Crippen LogP contribution >= 0.6 is 0 Å². The lowest BCUT2D eigenvalue weighted by molar-refractivity contribution is 0.0647. The van der Waals surface area contributed by atoms with Gasteiger partial charge in [0.25, 0.3) is 0 Å². The van der Waals surface area contributed by atoms with E-state index in [4.69, 9.17) is 9.47 Å². The third kappa shape index (κ3) is 5.28. The van der Waals surface area contributed by atoms with Crippen molar-refractivity contribution in [1.29, 1.82) is 0 Å². The smallest absolute Gasteiger partial charge is 0.161 e. The SMILES string of the molecule is COc1ccc2ncc3c(c2c1)N(CC[C@H]1CCN(CCC2CCCCC2)C[C@H]1CO)CCO3. The predicted octanol–water partition coefficient (Wildman–Crippen LogP) is 4.73. The van der Waals surface area contributed by atoms with Crippen LogP contribution in [-0.4, -0.2) is 68.0 Å². The van der Waals surface area contributed by atoms with Crippen molar-refractivity contribution in [2.45, 2.75) is 51.4 Å². The first kappa shape index (κ1) is 23.7. The van der Waals surface area contributed by atoms with Gasteiger partial charge in [0, 0.05) is 25.1 Å². The molecule has 0 amide bonds. The summed E-state index contributed by atoms with van der Waals surface area (Å²) in [4.78, 5) is 9.68. The number of benzene rings is 1. The molecule has 1 aromatic carbocycles. The minimum Gasteiger partial charge on any atom is -0.497 e. The average molecular weight is 468 g/mol. The lowest BCUT2D eigenvalue weighted by Crippen LogP contribution is -2.44. The Hall–Kier alpha value is -2.05. The van der Waals surface area contributed by atoms with Gasteiger partial charge < -0.3 is 24.4 Å². The Morgan fingerprint density at radius 2 is 1.94 bits per heavy atom. The fourth-order valence-corrected chi connectivity index (χ4v) is 6.41. The zero-order chi connectivity index (χ0) is 23.3. The highest BCUT2D eigenvalue weighted by atomic mass is 16.5. The van der Waals surface area contributed by atoms with Crippen LogP contribution in [0.4, 0.5) is 5.69 Å². The number of nitrogens with zero attached hydrogens (tertiary/aromatic N) is 3. The van der Waals surface area contributed by atoms with Gasteiger partial charge in [-0.15, -0.1) is 0 Å². The summed E-state index contributed by atoms with van der Waals surface area (Å²) >= 11 is 0. The van der Waals surface area contributed by atoms with Gasteiger partial charge in [-0.05, 0) is 68.3 Å². The summed E-state index contributed by atoms with van der Waals surface area (Å²) in [6.07, 6.45) is 12.6. The summed E-state index contributed by atoms with van der Waals surface area (Å²) < 4.78 is 11.4. The maximum absolute atomic E-state index is 10.2. The number of piperidine rings is 1. The Morgan fingerprint density at radius 1 is 1.06 bits per heavy atom. The number of likely N-dealkylation sites (tertiary alicyclic amines) is 1. The molecule has 0 unspecified atom stereocenters. The van der Waals surface area contributed by atoms with Crippen molar-refractivity contribution in [1.82, 2.24) is 9.88 Å². The second-order valence-corrected chi connectivity index (χ2v) is 10.6. The number of anilines is 1. The first-order valence-corrected chi connectivity index (χ1v) is 13.4. The van der Waals surface area contributed by atoms with Crippen LogP contribution in [-0.2, 0) is 0 Å². The highest BCUT2D eigenvalue weighted by molar-refractivity contribution is 5.96. The van der Waals surface area contributed by atoms with Crippen molar-refractivity contribution in [2.75, 3.05) is 57.9 Å². The molecule has 1 saturated carbocycles. The van der Waals surface area contributed by atoms with Crippen LogP contribution < -0.4 is 14.4 Å². The first-order valence-electron chi connectivity index (χ1n) is 13.4. The van der Waals surface area contributed by atoms with Crippen molar-refractivity contribution in [3.63, 3.8) is 0 Å². The molecule has 2 atom stereocenters. The number of aromatic nitrogens is 1. The van der Waals surface area contributed by atoms with Gasteiger partial charge in [0.15, 0.2) is 5.75 Å². The molecule has 2 aromatic rings. The van der Waals surface area contributed by atoms with E-state index in [9.17, 15) is 5.11 Å². The maximum atomic E-state index is 10.2. The molecule has 3 aliphatic rings. The van der Waals surface area contributed by atoms with E-state index in [0.717, 1.165) is 60.1 Å². The predicted molar refractivity (Wildman–Crippen MR) is 137 cm³/mol. The molecule has 2 fully saturated rings. The zero-order valence-corrected chi connectivity index (χ0v) is 20.8. The molecule has 34 heavy (non-hydrogen) atoms. The average Bonchev–Trinajstić information content (AvgIpc) is 2.90. The molecule has 1 N–H and O–H groups in total. The molecule has 0 radical (unpaired) electrons. The molecule has 1 aliphatic carbocycles. The molecule has 0 spiro atoms. The van der Waals surface area contributed by atoms with Crippen LogP contribution in [0.15, 0.2) is 24.4 Å². The van der Waals surface area contributed by atoms with Crippen LogP contribution in [0.5, 0.6) is 11.5 Å². The Bertz CT molecular complexity index is 941. The van der Waals surface area contributed by atoms with E-state index in [2.05, 4.69) is 20.9 Å². The number of aliphatic hydroxyl groups excluding tert-OH is 1. The van der Waals surface area contributed by atoms with E-state index in [-0.39, 0.29) is 0 Å². The Labute approximate surface area is 204 Å². The van der Waals surface area contributed by atoms with E-state index in [0.29, 0.717) is 25.0 Å². The van der Waals surface area contributed by atoms with E-state index in [1.165, 1.54) is 58.0 Å². The topological polar surface area (TPSA) is 58.1 Å². The summed E-state index contributed by atoms with van der Waals surface area (Å²) in [7, 11) is 1.70. The van der Waals surface area contributed by atoms with E-state index < -0.39 is 0 Å². The van der Waals surface area contributed by atoms with Crippen molar-refractivity contribution >= 4 is 16.6 Å². The molecule has 1 saturated heterocycles. The second-order valence-electron chi connectivity index (χ2n) is 10.6. The minimum atomic E-state index is 0.300.